The van der Waals surface area contributed by atoms with Gasteiger partial charge in [0.15, 0.2) is 0 Å². The number of halogens is 1. The molecule has 0 aliphatic heterocycles. The Balaban J connectivity index is 1.35. The largest absolute Gasteiger partial charge is 0.393 e. The number of benzene rings is 3. The Morgan fingerprint density at radius 2 is 1.84 bits per heavy atom. The normalized spacial score (nSPS) is 16.1. The first kappa shape index (κ1) is 27.0. The van der Waals surface area contributed by atoms with Crippen LogP contribution in [0.25, 0.3) is 23.1 Å². The van der Waals surface area contributed by atoms with Crippen LogP contribution >= 0.6 is 23.4 Å². The molecule has 196 valence electrons. The van der Waals surface area contributed by atoms with Crippen LogP contribution < -0.4 is 0 Å². The first-order valence-electron chi connectivity index (χ1n) is 13.3. The molecule has 38 heavy (non-hydrogen) atoms. The van der Waals surface area contributed by atoms with Gasteiger partial charge in [-0.15, -0.1) is 0 Å². The summed E-state index contributed by atoms with van der Waals surface area (Å²) in [5.74, 6) is 2.03. The summed E-state index contributed by atoms with van der Waals surface area (Å²) in [6, 6.07) is 26.6. The van der Waals surface area contributed by atoms with E-state index in [4.69, 9.17) is 16.6 Å². The minimum Gasteiger partial charge on any atom is -0.393 e. The molecule has 3 aromatic carbocycles. The number of nitrogens with zero attached hydrogens (tertiary/aromatic N) is 1. The van der Waals surface area contributed by atoms with Gasteiger partial charge in [-0.2, -0.15) is 11.8 Å². The number of rotatable bonds is 11. The van der Waals surface area contributed by atoms with Gasteiger partial charge in [0.1, 0.15) is 5.60 Å². The summed E-state index contributed by atoms with van der Waals surface area (Å²) in [5, 5.41) is 22.6. The topological polar surface area (TPSA) is 53.4 Å². The highest BCUT2D eigenvalue weighted by atomic mass is 35.5. The van der Waals surface area contributed by atoms with Crippen molar-refractivity contribution in [2.24, 2.45) is 5.92 Å². The van der Waals surface area contributed by atoms with Gasteiger partial charge in [-0.25, -0.2) is 4.98 Å². The second-order valence-electron chi connectivity index (χ2n) is 10.5. The number of aliphatic hydroxyl groups is 2. The predicted octanol–water partition coefficient (Wildman–Crippen LogP) is 8.08. The highest BCUT2D eigenvalue weighted by Crippen LogP contribution is 2.41. The molecule has 1 heterocycles. The Hall–Kier alpha value is -2.63. The molecule has 5 rings (SSSR count). The van der Waals surface area contributed by atoms with E-state index in [1.165, 1.54) is 24.2 Å². The molecule has 1 aliphatic rings. The van der Waals surface area contributed by atoms with E-state index in [2.05, 4.69) is 48.6 Å². The van der Waals surface area contributed by atoms with Crippen LogP contribution in [-0.2, 0) is 12.0 Å². The van der Waals surface area contributed by atoms with Gasteiger partial charge in [0.25, 0.3) is 0 Å². The second kappa shape index (κ2) is 12.0. The lowest BCUT2D eigenvalue weighted by molar-refractivity contribution is -0.00299. The Morgan fingerprint density at radius 3 is 2.66 bits per heavy atom. The number of fused-ring (bicyclic) bond motifs is 1. The Labute approximate surface area is 234 Å². The first-order valence-corrected chi connectivity index (χ1v) is 14.7. The smallest absolute Gasteiger partial charge is 0.110 e. The third kappa shape index (κ3) is 6.86. The summed E-state index contributed by atoms with van der Waals surface area (Å²) < 4.78 is 0. The molecule has 1 fully saturated rings. The molecule has 0 unspecified atom stereocenters. The van der Waals surface area contributed by atoms with Crippen LogP contribution in [0, 0.1) is 5.92 Å². The molecule has 2 atom stereocenters. The van der Waals surface area contributed by atoms with E-state index >= 15 is 0 Å². The lowest BCUT2D eigenvalue weighted by atomic mass is 9.89. The van der Waals surface area contributed by atoms with Gasteiger partial charge in [-0.3, -0.25) is 0 Å². The van der Waals surface area contributed by atoms with Crippen molar-refractivity contribution in [2.75, 3.05) is 12.4 Å². The Morgan fingerprint density at radius 1 is 1.03 bits per heavy atom. The van der Waals surface area contributed by atoms with Gasteiger partial charge in [0.2, 0.25) is 0 Å². The van der Waals surface area contributed by atoms with E-state index in [0.717, 1.165) is 52.0 Å². The molecular formula is C33H34ClNO2S. The van der Waals surface area contributed by atoms with Crippen molar-refractivity contribution < 1.29 is 10.2 Å². The lowest BCUT2D eigenvalue weighted by Crippen LogP contribution is -2.27. The molecule has 0 radical (unpaired) electrons. The average molecular weight is 544 g/mol. The van der Waals surface area contributed by atoms with E-state index < -0.39 is 5.60 Å². The maximum Gasteiger partial charge on any atom is 0.110 e. The van der Waals surface area contributed by atoms with E-state index in [1.54, 1.807) is 6.92 Å². The maximum absolute atomic E-state index is 10.7. The number of thioether (sulfide) groups is 1. The number of hydrogen-bond donors (Lipinski definition) is 2. The van der Waals surface area contributed by atoms with Gasteiger partial charge in [0.05, 0.1) is 17.8 Å². The fraction of sp³-hybridized carbons (Fsp3) is 0.303. The third-order valence-corrected chi connectivity index (χ3v) is 9.03. The summed E-state index contributed by atoms with van der Waals surface area (Å²) >= 11 is 8.21. The molecule has 1 saturated carbocycles. The number of aromatic nitrogens is 1. The Bertz CT molecular complexity index is 1430. The zero-order valence-electron chi connectivity index (χ0n) is 21.7. The van der Waals surface area contributed by atoms with E-state index in [-0.39, 0.29) is 6.61 Å². The average Bonchev–Trinajstić information content (AvgIpc) is 3.76. The quantitative estimate of drug-likeness (QED) is 0.201. The van der Waals surface area contributed by atoms with Gasteiger partial charge in [-0.05, 0) is 90.8 Å². The first-order chi connectivity index (χ1) is 18.4. The summed E-state index contributed by atoms with van der Waals surface area (Å²) in [7, 11) is 0. The SMILES string of the molecule is C[C@](O)(CO)c1ccccc1CC[C@@H](SCC1CC1)c1cccc(/C=C/c2ccc3ccc(Cl)cc3n2)c1. The zero-order chi connectivity index (χ0) is 26.5. The highest BCUT2D eigenvalue weighted by molar-refractivity contribution is 7.99. The molecule has 0 saturated heterocycles. The van der Waals surface area contributed by atoms with Crippen molar-refractivity contribution >= 4 is 46.4 Å². The lowest BCUT2D eigenvalue weighted by Gasteiger charge is -2.25. The summed E-state index contributed by atoms with van der Waals surface area (Å²) in [5.41, 5.74) is 4.94. The van der Waals surface area contributed by atoms with Gasteiger partial charge < -0.3 is 10.2 Å². The summed E-state index contributed by atoms with van der Waals surface area (Å²) in [6.45, 7) is 1.39. The van der Waals surface area contributed by atoms with Crippen LogP contribution in [0.4, 0.5) is 0 Å². The summed E-state index contributed by atoms with van der Waals surface area (Å²) in [6.07, 6.45) is 8.68. The third-order valence-electron chi connectivity index (χ3n) is 7.22. The predicted molar refractivity (Wildman–Crippen MR) is 161 cm³/mol. The van der Waals surface area contributed by atoms with Crippen LogP contribution in [0.2, 0.25) is 5.02 Å². The van der Waals surface area contributed by atoms with Crippen molar-refractivity contribution in [3.63, 3.8) is 0 Å². The minimum absolute atomic E-state index is 0.294. The molecular weight excluding hydrogens is 510 g/mol. The van der Waals surface area contributed by atoms with Gasteiger partial charge in [-0.1, -0.05) is 78.3 Å². The molecule has 0 amide bonds. The van der Waals surface area contributed by atoms with Crippen molar-refractivity contribution in [1.29, 1.82) is 0 Å². The van der Waals surface area contributed by atoms with Crippen molar-refractivity contribution in [1.82, 2.24) is 4.98 Å². The van der Waals surface area contributed by atoms with Gasteiger partial charge in [0, 0.05) is 15.7 Å². The molecule has 0 spiro atoms. The summed E-state index contributed by atoms with van der Waals surface area (Å²) in [4.78, 5) is 4.75. The minimum atomic E-state index is -1.24. The van der Waals surface area contributed by atoms with Crippen LogP contribution in [0.5, 0.6) is 0 Å². The van der Waals surface area contributed by atoms with E-state index in [9.17, 15) is 10.2 Å². The fourth-order valence-electron chi connectivity index (χ4n) is 4.76. The van der Waals surface area contributed by atoms with Crippen LogP contribution in [0.3, 0.4) is 0 Å². The van der Waals surface area contributed by atoms with Crippen molar-refractivity contribution in [2.45, 2.75) is 43.5 Å². The highest BCUT2D eigenvalue weighted by Gasteiger charge is 2.26. The van der Waals surface area contributed by atoms with Crippen LogP contribution in [0.1, 0.15) is 59.4 Å². The maximum atomic E-state index is 10.7. The number of aliphatic hydroxyl groups excluding tert-OH is 1. The molecule has 0 bridgehead atoms. The van der Waals surface area contributed by atoms with Crippen molar-refractivity contribution in [3.8, 4) is 0 Å². The van der Waals surface area contributed by atoms with E-state index in [0.29, 0.717) is 10.3 Å². The standard InChI is InChI=1S/C33H34ClNO2S/c1-33(37,22-36)30-8-3-2-6-25(30)14-18-32(38-21-24-9-10-24)27-7-4-5-23(19-27)11-16-29-17-13-26-12-15-28(34)20-31(26)35-29/h2-8,11-13,15-17,19-20,24,32,36-37H,9-10,14,18,21-22H2,1H3/b16-11+/t32-,33+/m1/s1. The van der Waals surface area contributed by atoms with Gasteiger partial charge >= 0.3 is 0 Å². The van der Waals surface area contributed by atoms with Crippen LogP contribution in [-0.4, -0.2) is 27.6 Å². The molecule has 3 nitrogen and oxygen atoms in total. The molecule has 1 aliphatic carbocycles. The number of hydrogen-bond acceptors (Lipinski definition) is 4. The fourth-order valence-corrected chi connectivity index (χ4v) is 6.39. The number of aryl methyl sites for hydroxylation is 1. The monoisotopic (exact) mass is 543 g/mol. The van der Waals surface area contributed by atoms with Crippen LogP contribution in [0.15, 0.2) is 78.9 Å². The van der Waals surface area contributed by atoms with Crippen molar-refractivity contribution in [3.05, 3.63) is 112 Å². The molecule has 4 aromatic rings. The molecule has 1 aromatic heterocycles. The molecule has 2 N–H and O–H groups in total. The zero-order valence-corrected chi connectivity index (χ0v) is 23.3. The number of pyridine rings is 1. The molecule has 5 heteroatoms. The van der Waals surface area contributed by atoms with E-state index in [1.807, 2.05) is 54.2 Å². The second-order valence-corrected chi connectivity index (χ2v) is 12.1. The Kier molecular flexibility index (Phi) is 8.54.